The van der Waals surface area contributed by atoms with Gasteiger partial charge in [-0.1, -0.05) is 38.1 Å². The average molecular weight is 516 g/mol. The largest absolute Gasteiger partial charge is 0.514 e. The number of ether oxygens (including phenoxy) is 5. The van der Waals surface area contributed by atoms with Crippen LogP contribution in [0.3, 0.4) is 0 Å². The number of nitrogens with two attached hydrogens (primary N) is 1. The first kappa shape index (κ1) is 29.3. The van der Waals surface area contributed by atoms with Crippen molar-refractivity contribution in [2.45, 2.75) is 65.0 Å². The first-order valence-electron chi connectivity index (χ1n) is 12.1. The molecule has 0 saturated carbocycles. The fraction of sp³-hybridized carbons (Fsp3) is 0.407. The predicted molar refractivity (Wildman–Crippen MR) is 133 cm³/mol. The van der Waals surface area contributed by atoms with Crippen LogP contribution in [0, 0.1) is 0 Å². The molecule has 0 fully saturated rings. The number of benzene rings is 2. The van der Waals surface area contributed by atoms with Crippen molar-refractivity contribution >= 4 is 24.1 Å². The lowest BCUT2D eigenvalue weighted by atomic mass is 10.1. The Morgan fingerprint density at radius 2 is 1.46 bits per heavy atom. The molecule has 0 saturated heterocycles. The van der Waals surface area contributed by atoms with E-state index in [2.05, 4.69) is 0 Å². The zero-order valence-electron chi connectivity index (χ0n) is 21.3. The van der Waals surface area contributed by atoms with Gasteiger partial charge in [-0.25, -0.2) is 4.79 Å². The van der Waals surface area contributed by atoms with Crippen LogP contribution in [0.1, 0.15) is 52.0 Å². The molecule has 0 heterocycles. The maximum absolute atomic E-state index is 12.4. The van der Waals surface area contributed by atoms with Crippen molar-refractivity contribution in [1.29, 1.82) is 0 Å². The number of carbonyl (C=O) groups excluding carboxylic acids is 4. The van der Waals surface area contributed by atoms with Crippen molar-refractivity contribution in [1.82, 2.24) is 0 Å². The summed E-state index contributed by atoms with van der Waals surface area (Å²) in [6.07, 6.45) is -0.0305. The quantitative estimate of drug-likeness (QED) is 0.235. The third kappa shape index (κ3) is 10.7. The molecule has 0 amide bonds. The van der Waals surface area contributed by atoms with Crippen LogP contribution >= 0.6 is 0 Å². The van der Waals surface area contributed by atoms with Crippen molar-refractivity contribution in [3.8, 4) is 17.2 Å². The molecule has 0 aliphatic rings. The summed E-state index contributed by atoms with van der Waals surface area (Å²) >= 11 is 0. The second kappa shape index (κ2) is 15.2. The number of hydrogen-bond donors (Lipinski definition) is 1. The smallest absolute Gasteiger partial charge is 0.461 e. The summed E-state index contributed by atoms with van der Waals surface area (Å²) in [5.74, 6) is -1.14. The molecule has 2 aromatic carbocycles. The highest BCUT2D eigenvalue weighted by Gasteiger charge is 2.21. The second-order valence-electron chi connectivity index (χ2n) is 8.26. The molecule has 0 aliphatic heterocycles. The lowest BCUT2D eigenvalue weighted by molar-refractivity contribution is -0.148. The first-order chi connectivity index (χ1) is 17.7. The summed E-state index contributed by atoms with van der Waals surface area (Å²) < 4.78 is 25.9. The highest BCUT2D eigenvalue weighted by atomic mass is 16.7. The third-order valence-corrected chi connectivity index (χ3v) is 4.82. The normalized spacial score (nSPS) is 12.1. The van der Waals surface area contributed by atoms with Gasteiger partial charge in [0.15, 0.2) is 11.5 Å². The van der Waals surface area contributed by atoms with E-state index in [0.29, 0.717) is 24.2 Å². The maximum atomic E-state index is 12.4. The summed E-state index contributed by atoms with van der Waals surface area (Å²) in [5.41, 5.74) is 6.56. The lowest BCUT2D eigenvalue weighted by Crippen LogP contribution is -2.36. The highest BCUT2D eigenvalue weighted by Crippen LogP contribution is 2.30. The van der Waals surface area contributed by atoms with Crippen LogP contribution in [0.25, 0.3) is 0 Å². The molecule has 0 radical (unpaired) electrons. The molecule has 2 aromatic rings. The van der Waals surface area contributed by atoms with E-state index in [4.69, 9.17) is 29.4 Å². The summed E-state index contributed by atoms with van der Waals surface area (Å²) in [6.45, 7) is 5.00. The van der Waals surface area contributed by atoms with E-state index in [1.807, 2.05) is 13.8 Å². The Balaban J connectivity index is 1.93. The zero-order valence-corrected chi connectivity index (χ0v) is 21.3. The fourth-order valence-corrected chi connectivity index (χ4v) is 3.05. The summed E-state index contributed by atoms with van der Waals surface area (Å²) in [6, 6.07) is 12.0. The Morgan fingerprint density at radius 3 is 2.08 bits per heavy atom. The van der Waals surface area contributed by atoms with Crippen LogP contribution in [0.4, 0.5) is 4.79 Å². The van der Waals surface area contributed by atoms with E-state index in [0.717, 1.165) is 0 Å². The van der Waals surface area contributed by atoms with Crippen LogP contribution in [-0.4, -0.2) is 42.8 Å². The molecule has 200 valence electrons. The molecule has 10 nitrogen and oxygen atoms in total. The van der Waals surface area contributed by atoms with Crippen molar-refractivity contribution in [2.75, 3.05) is 6.61 Å². The number of carbonyl (C=O) groups is 4. The van der Waals surface area contributed by atoms with Gasteiger partial charge in [0.2, 0.25) is 0 Å². The molecule has 2 rings (SSSR count). The molecular formula is C27H33NO9. The van der Waals surface area contributed by atoms with E-state index >= 15 is 0 Å². The molecule has 2 N–H and O–H groups in total. The number of rotatable bonds is 13. The Hall–Kier alpha value is -3.92. The Bertz CT molecular complexity index is 1060. The van der Waals surface area contributed by atoms with Gasteiger partial charge >= 0.3 is 24.1 Å². The first-order valence-corrected chi connectivity index (χ1v) is 12.1. The molecule has 2 atom stereocenters. The van der Waals surface area contributed by atoms with Gasteiger partial charge in [0, 0.05) is 12.8 Å². The monoisotopic (exact) mass is 515 g/mol. The molecule has 10 heteroatoms. The third-order valence-electron chi connectivity index (χ3n) is 4.82. The second-order valence-corrected chi connectivity index (χ2v) is 8.26. The van der Waals surface area contributed by atoms with E-state index in [1.54, 1.807) is 43.3 Å². The van der Waals surface area contributed by atoms with Gasteiger partial charge in [0.05, 0.1) is 0 Å². The van der Waals surface area contributed by atoms with Crippen molar-refractivity contribution in [3.63, 3.8) is 0 Å². The van der Waals surface area contributed by atoms with Crippen LogP contribution in [0.15, 0.2) is 48.5 Å². The molecule has 0 aliphatic carbocycles. The Labute approximate surface area is 216 Å². The standard InChI is InChI=1S/C27H33NO9/c1-4-9-24(29)36-22-14-13-19(16-23(22)37-25(30)10-5-2)15-21(28)26(31)33-17-18(3)34-27(32)35-20-11-7-6-8-12-20/h6-8,11-14,16,18,21H,4-5,9-10,15,17,28H2,1-3H3/t18-,21-/m0/s1. The molecule has 37 heavy (non-hydrogen) atoms. The van der Waals surface area contributed by atoms with E-state index in [9.17, 15) is 19.2 Å². The van der Waals surface area contributed by atoms with Gasteiger partial charge in [0.25, 0.3) is 0 Å². The topological polar surface area (TPSA) is 140 Å². The SMILES string of the molecule is CCCC(=O)Oc1ccc(C[C@H](N)C(=O)OC[C@H](C)OC(=O)Oc2ccccc2)cc1OC(=O)CCC. The minimum atomic E-state index is -1.05. The molecule has 0 bridgehead atoms. The van der Waals surface area contributed by atoms with Crippen molar-refractivity contribution in [2.24, 2.45) is 5.73 Å². The summed E-state index contributed by atoms with van der Waals surface area (Å²) in [4.78, 5) is 48.2. The maximum Gasteiger partial charge on any atom is 0.514 e. The Morgan fingerprint density at radius 1 is 0.838 bits per heavy atom. The fourth-order valence-electron chi connectivity index (χ4n) is 3.05. The molecule has 0 unspecified atom stereocenters. The Kier molecular flexibility index (Phi) is 12.1. The zero-order chi connectivity index (χ0) is 27.2. The minimum Gasteiger partial charge on any atom is -0.461 e. The van der Waals surface area contributed by atoms with Crippen molar-refractivity contribution < 1.29 is 42.9 Å². The van der Waals surface area contributed by atoms with E-state index < -0.39 is 36.2 Å². The predicted octanol–water partition coefficient (Wildman–Crippen LogP) is 4.11. The van der Waals surface area contributed by atoms with Gasteiger partial charge in [-0.15, -0.1) is 0 Å². The van der Waals surface area contributed by atoms with Crippen LogP contribution < -0.4 is 19.9 Å². The van der Waals surface area contributed by atoms with Crippen LogP contribution in [-0.2, 0) is 30.3 Å². The van der Waals surface area contributed by atoms with E-state index in [-0.39, 0.29) is 37.4 Å². The van der Waals surface area contributed by atoms with Gasteiger partial charge in [0.1, 0.15) is 24.5 Å². The highest BCUT2D eigenvalue weighted by molar-refractivity contribution is 5.77. The van der Waals surface area contributed by atoms with Crippen molar-refractivity contribution in [3.05, 3.63) is 54.1 Å². The van der Waals surface area contributed by atoms with Gasteiger partial charge in [-0.3, -0.25) is 14.4 Å². The van der Waals surface area contributed by atoms with Gasteiger partial charge in [-0.2, -0.15) is 0 Å². The molecule has 0 spiro atoms. The summed E-state index contributed by atoms with van der Waals surface area (Å²) in [7, 11) is 0. The number of hydrogen-bond acceptors (Lipinski definition) is 10. The van der Waals surface area contributed by atoms with Crippen LogP contribution in [0.5, 0.6) is 17.2 Å². The molecule has 0 aromatic heterocycles. The molecular weight excluding hydrogens is 482 g/mol. The van der Waals surface area contributed by atoms with Crippen LogP contribution in [0.2, 0.25) is 0 Å². The minimum absolute atomic E-state index is 0.0611. The van der Waals surface area contributed by atoms with Gasteiger partial charge in [-0.05, 0) is 56.0 Å². The average Bonchev–Trinajstić information content (AvgIpc) is 2.85. The van der Waals surface area contributed by atoms with E-state index in [1.165, 1.54) is 12.1 Å². The van der Waals surface area contributed by atoms with Gasteiger partial charge < -0.3 is 29.4 Å². The number of para-hydroxylation sites is 1. The number of esters is 3. The summed E-state index contributed by atoms with van der Waals surface area (Å²) in [5, 5.41) is 0. The lowest BCUT2D eigenvalue weighted by Gasteiger charge is -2.16.